The number of nitrogens with zero attached hydrogens (tertiary/aromatic N) is 5. The quantitative estimate of drug-likeness (QED) is 0.437. The van der Waals surface area contributed by atoms with Gasteiger partial charge in [0.05, 0.1) is 0 Å². The molecule has 0 saturated carbocycles. The number of nitrogens with one attached hydrogen (secondary N) is 2. The monoisotopic (exact) mass is 417 g/mol. The molecule has 3 heterocycles. The molecule has 3 rings (SSSR count). The first-order valence-electron chi connectivity index (χ1n) is 9.50. The highest BCUT2D eigenvalue weighted by Crippen LogP contribution is 2.29. The molecular weight excluding hydrogens is 390 g/mol. The van der Waals surface area contributed by atoms with Gasteiger partial charge in [-0.05, 0) is 77.0 Å². The number of rotatable bonds is 4. The van der Waals surface area contributed by atoms with Crippen LogP contribution in [0.15, 0.2) is 34.7 Å². The zero-order valence-electron chi connectivity index (χ0n) is 16.8. The van der Waals surface area contributed by atoms with Crippen LogP contribution < -0.4 is 15.5 Å². The van der Waals surface area contributed by atoms with Gasteiger partial charge in [0.1, 0.15) is 10.8 Å². The highest BCUT2D eigenvalue weighted by atomic mass is 32.2. The molecule has 0 unspecified atom stereocenters. The van der Waals surface area contributed by atoms with Crippen LogP contribution in [0.4, 0.5) is 11.8 Å². The summed E-state index contributed by atoms with van der Waals surface area (Å²) in [4.78, 5) is 20.3. The summed E-state index contributed by atoms with van der Waals surface area (Å²) in [6.07, 6.45) is 7.05. The van der Waals surface area contributed by atoms with Crippen molar-refractivity contribution in [3.63, 3.8) is 0 Å². The largest absolute Gasteiger partial charge is 0.358 e. The molecule has 0 aliphatic carbocycles. The van der Waals surface area contributed by atoms with Crippen molar-refractivity contribution < 1.29 is 0 Å². The van der Waals surface area contributed by atoms with Gasteiger partial charge in [-0.2, -0.15) is 4.98 Å². The van der Waals surface area contributed by atoms with E-state index in [1.165, 1.54) is 31.0 Å². The second-order valence-electron chi connectivity index (χ2n) is 7.89. The molecule has 28 heavy (non-hydrogen) atoms. The molecule has 7 nitrogen and oxygen atoms in total. The Labute approximate surface area is 176 Å². The van der Waals surface area contributed by atoms with Crippen molar-refractivity contribution in [2.45, 2.75) is 68.7 Å². The number of aromatic nitrogens is 4. The zero-order chi connectivity index (χ0) is 20.1. The minimum absolute atomic E-state index is 0.140. The van der Waals surface area contributed by atoms with Crippen LogP contribution in [0.2, 0.25) is 0 Å². The minimum atomic E-state index is -0.140. The van der Waals surface area contributed by atoms with Gasteiger partial charge in [0.15, 0.2) is 10.3 Å². The summed E-state index contributed by atoms with van der Waals surface area (Å²) in [5, 5.41) is 8.32. The van der Waals surface area contributed by atoms with Gasteiger partial charge < -0.3 is 15.5 Å². The number of hydrogen-bond acceptors (Lipinski definition) is 7. The molecule has 2 aromatic rings. The molecule has 9 heteroatoms. The highest BCUT2D eigenvalue weighted by molar-refractivity contribution is 7.99. The van der Waals surface area contributed by atoms with Crippen LogP contribution in [0.3, 0.4) is 0 Å². The first-order chi connectivity index (χ1) is 13.3. The summed E-state index contributed by atoms with van der Waals surface area (Å²) in [7, 11) is 0. The molecule has 1 atom stereocenters. The molecule has 1 aliphatic heterocycles. The second-order valence-corrected chi connectivity index (χ2v) is 9.28. The lowest BCUT2D eigenvalue weighted by molar-refractivity contribution is 0.480. The van der Waals surface area contributed by atoms with E-state index >= 15 is 0 Å². The average Bonchev–Trinajstić information content (AvgIpc) is 2.61. The molecule has 1 saturated heterocycles. The molecule has 2 N–H and O–H groups in total. The predicted molar refractivity (Wildman–Crippen MR) is 118 cm³/mol. The maximum absolute atomic E-state index is 5.43. The smallest absolute Gasteiger partial charge is 0.232 e. The summed E-state index contributed by atoms with van der Waals surface area (Å²) < 4.78 is 0. The van der Waals surface area contributed by atoms with Crippen LogP contribution >= 0.6 is 24.0 Å². The fraction of sp³-hybridized carbons (Fsp3) is 0.526. The van der Waals surface area contributed by atoms with Gasteiger partial charge in [-0.15, -0.1) is 0 Å². The second kappa shape index (κ2) is 9.00. The van der Waals surface area contributed by atoms with Crippen molar-refractivity contribution in [1.82, 2.24) is 25.3 Å². The maximum atomic E-state index is 5.43. The number of thiocarbonyl (C=S) groups is 1. The summed E-state index contributed by atoms with van der Waals surface area (Å²) in [5.74, 6) is 1.39. The van der Waals surface area contributed by atoms with E-state index < -0.39 is 0 Å². The molecule has 150 valence electrons. The lowest BCUT2D eigenvalue weighted by Gasteiger charge is -2.34. The summed E-state index contributed by atoms with van der Waals surface area (Å²) in [5.41, 5.74) is -0.140. The van der Waals surface area contributed by atoms with Gasteiger partial charge in [-0.25, -0.2) is 15.0 Å². The predicted octanol–water partition coefficient (Wildman–Crippen LogP) is 3.88. The molecule has 0 amide bonds. The minimum Gasteiger partial charge on any atom is -0.358 e. The van der Waals surface area contributed by atoms with Crippen LogP contribution in [0.1, 0.15) is 47.0 Å². The van der Waals surface area contributed by atoms with Crippen molar-refractivity contribution in [2.24, 2.45) is 0 Å². The van der Waals surface area contributed by atoms with Crippen LogP contribution in [0.25, 0.3) is 0 Å². The Bertz CT molecular complexity index is 808. The Balaban J connectivity index is 1.88. The van der Waals surface area contributed by atoms with E-state index in [4.69, 9.17) is 17.2 Å². The van der Waals surface area contributed by atoms with Gasteiger partial charge >= 0.3 is 0 Å². The zero-order valence-corrected chi connectivity index (χ0v) is 18.4. The lowest BCUT2D eigenvalue weighted by atomic mass is 10.0. The van der Waals surface area contributed by atoms with Crippen LogP contribution in [0, 0.1) is 0 Å². The molecule has 1 aliphatic rings. The van der Waals surface area contributed by atoms with E-state index in [9.17, 15) is 0 Å². The number of anilines is 2. The standard InChI is InChI=1S/C19H27N7S2/c1-13-8-5-6-11-26(13)14-12-15(28-18-20-9-7-10-21-18)23-16(22-14)24-17(27)25-19(2,3)4/h7,9-10,12-13H,5-6,8,11H2,1-4H3,(H2,22,23,24,25,27)/t13-/m0/s1. The van der Waals surface area contributed by atoms with Crippen molar-refractivity contribution in [3.8, 4) is 0 Å². The lowest BCUT2D eigenvalue weighted by Crippen LogP contribution is -2.43. The Morgan fingerprint density at radius 1 is 1.21 bits per heavy atom. The van der Waals surface area contributed by atoms with Gasteiger partial charge in [0.25, 0.3) is 0 Å². The Morgan fingerprint density at radius 2 is 1.96 bits per heavy atom. The summed E-state index contributed by atoms with van der Waals surface area (Å²) >= 11 is 6.85. The van der Waals surface area contributed by atoms with Crippen molar-refractivity contribution >= 4 is 40.9 Å². The molecule has 0 radical (unpaired) electrons. The average molecular weight is 418 g/mol. The van der Waals surface area contributed by atoms with Crippen molar-refractivity contribution in [3.05, 3.63) is 24.5 Å². The van der Waals surface area contributed by atoms with E-state index in [0.717, 1.165) is 17.4 Å². The van der Waals surface area contributed by atoms with Gasteiger partial charge in [-0.1, -0.05) is 0 Å². The van der Waals surface area contributed by atoms with E-state index in [0.29, 0.717) is 22.3 Å². The molecule has 1 fully saturated rings. The molecule has 2 aromatic heterocycles. The summed E-state index contributed by atoms with van der Waals surface area (Å²) in [6, 6.07) is 4.25. The normalized spacial score (nSPS) is 17.3. The SMILES string of the molecule is C[C@H]1CCCCN1c1cc(Sc2ncccn2)nc(NC(=S)NC(C)(C)C)n1. The number of hydrogen-bond donors (Lipinski definition) is 2. The first kappa shape index (κ1) is 20.7. The van der Waals surface area contributed by atoms with E-state index in [1.54, 1.807) is 18.5 Å². The van der Waals surface area contributed by atoms with E-state index in [2.05, 4.69) is 58.2 Å². The molecular formula is C19H27N7S2. The third-order valence-corrected chi connectivity index (χ3v) is 5.25. The van der Waals surface area contributed by atoms with Crippen LogP contribution in [-0.4, -0.2) is 43.2 Å². The molecule has 0 bridgehead atoms. The fourth-order valence-electron chi connectivity index (χ4n) is 3.01. The van der Waals surface area contributed by atoms with Crippen molar-refractivity contribution in [2.75, 3.05) is 16.8 Å². The number of piperidine rings is 1. The van der Waals surface area contributed by atoms with E-state index in [-0.39, 0.29) is 5.54 Å². The maximum Gasteiger partial charge on any atom is 0.232 e. The van der Waals surface area contributed by atoms with E-state index in [1.807, 2.05) is 6.07 Å². The Kier molecular flexibility index (Phi) is 6.66. The Hall–Kier alpha value is -2.00. The third-order valence-electron chi connectivity index (χ3n) is 4.24. The van der Waals surface area contributed by atoms with Crippen LogP contribution in [-0.2, 0) is 0 Å². The fourth-order valence-corrected chi connectivity index (χ4v) is 4.12. The van der Waals surface area contributed by atoms with Crippen LogP contribution in [0.5, 0.6) is 0 Å². The third kappa shape index (κ3) is 6.00. The van der Waals surface area contributed by atoms with Gasteiger partial charge in [-0.3, -0.25) is 0 Å². The van der Waals surface area contributed by atoms with Gasteiger partial charge in [0, 0.05) is 36.6 Å². The Morgan fingerprint density at radius 3 is 2.64 bits per heavy atom. The molecule has 0 aromatic carbocycles. The molecule has 0 spiro atoms. The highest BCUT2D eigenvalue weighted by Gasteiger charge is 2.22. The first-order valence-corrected chi connectivity index (χ1v) is 10.7. The summed E-state index contributed by atoms with van der Waals surface area (Å²) in [6.45, 7) is 9.41. The van der Waals surface area contributed by atoms with Crippen molar-refractivity contribution in [1.29, 1.82) is 0 Å². The van der Waals surface area contributed by atoms with Gasteiger partial charge in [0.2, 0.25) is 5.95 Å². The topological polar surface area (TPSA) is 78.9 Å².